The minimum Gasteiger partial charge on any atom is -0.312 e. The Balaban J connectivity index is 1.59. The van der Waals surface area contributed by atoms with E-state index in [0.29, 0.717) is 27.0 Å². The molecular formula is C24H18FN5O3S. The van der Waals surface area contributed by atoms with E-state index in [1.165, 1.54) is 53.9 Å². The number of rotatable bonds is 7. The van der Waals surface area contributed by atoms with Crippen LogP contribution in [0, 0.1) is 22.9 Å². The van der Waals surface area contributed by atoms with Crippen molar-refractivity contribution < 1.29 is 14.1 Å². The largest absolute Gasteiger partial charge is 0.312 e. The number of halogens is 1. The third kappa shape index (κ3) is 5.48. The van der Waals surface area contributed by atoms with Gasteiger partial charge in [-0.3, -0.25) is 20.3 Å². The van der Waals surface area contributed by atoms with Gasteiger partial charge in [0.1, 0.15) is 16.5 Å². The number of anilines is 2. The second kappa shape index (κ2) is 10.0. The number of benzene rings is 3. The molecule has 0 unspecified atom stereocenters. The molecule has 0 aliphatic heterocycles. The number of non-ortho nitro benzene ring substituents is 1. The van der Waals surface area contributed by atoms with Gasteiger partial charge in [0.25, 0.3) is 11.6 Å². The van der Waals surface area contributed by atoms with Crippen LogP contribution in [-0.2, 0) is 0 Å². The first kappa shape index (κ1) is 22.7. The van der Waals surface area contributed by atoms with Gasteiger partial charge in [-0.15, -0.1) is 0 Å². The van der Waals surface area contributed by atoms with Crippen LogP contribution in [0.2, 0.25) is 0 Å². The molecular weight excluding hydrogens is 457 g/mol. The van der Waals surface area contributed by atoms with Crippen molar-refractivity contribution in [2.75, 3.05) is 10.7 Å². The summed E-state index contributed by atoms with van der Waals surface area (Å²) in [5.74, 6) is -0.827. The molecule has 1 amide bonds. The van der Waals surface area contributed by atoms with Gasteiger partial charge in [0, 0.05) is 28.8 Å². The molecule has 4 rings (SSSR count). The van der Waals surface area contributed by atoms with Crippen molar-refractivity contribution in [1.82, 2.24) is 4.98 Å². The number of carbonyl (C=O) groups is 1. The zero-order valence-electron chi connectivity index (χ0n) is 17.9. The van der Waals surface area contributed by atoms with E-state index in [2.05, 4.69) is 20.8 Å². The predicted molar refractivity (Wildman–Crippen MR) is 131 cm³/mol. The van der Waals surface area contributed by atoms with E-state index in [9.17, 15) is 19.3 Å². The molecule has 2 N–H and O–H groups in total. The molecule has 0 saturated carbocycles. The molecule has 0 bridgehead atoms. The number of hydrogen-bond donors (Lipinski definition) is 2. The number of carbonyl (C=O) groups excluding carboxylic acids is 1. The van der Waals surface area contributed by atoms with Gasteiger partial charge in [-0.05, 0) is 31.2 Å². The Morgan fingerprint density at radius 1 is 1.12 bits per heavy atom. The van der Waals surface area contributed by atoms with E-state index in [4.69, 9.17) is 0 Å². The van der Waals surface area contributed by atoms with Crippen LogP contribution in [0.1, 0.15) is 21.5 Å². The molecule has 0 spiro atoms. The summed E-state index contributed by atoms with van der Waals surface area (Å²) in [4.78, 5) is 27.7. The van der Waals surface area contributed by atoms with Crippen molar-refractivity contribution in [3.63, 3.8) is 0 Å². The van der Waals surface area contributed by atoms with Crippen molar-refractivity contribution in [2.24, 2.45) is 5.10 Å². The summed E-state index contributed by atoms with van der Waals surface area (Å²) in [6.07, 6.45) is 1.44. The molecule has 1 aromatic heterocycles. The lowest BCUT2D eigenvalue weighted by molar-refractivity contribution is -0.384. The fourth-order valence-electron chi connectivity index (χ4n) is 3.02. The van der Waals surface area contributed by atoms with Gasteiger partial charge >= 0.3 is 0 Å². The van der Waals surface area contributed by atoms with Crippen LogP contribution in [0.5, 0.6) is 0 Å². The molecule has 0 atom stereocenters. The standard InChI is InChI=1S/C24H18FN5O3S/c1-15-5-7-17(8-6-15)21-23(28-22(31)18-9-11-19(25)12-10-18)34-24(27-21)29-26-14-16-3-2-4-20(13-16)30(32)33/h2-14H,1H3,(H,27,29)(H,28,31)/b26-14-. The van der Waals surface area contributed by atoms with Crippen LogP contribution in [0.4, 0.5) is 20.2 Å². The summed E-state index contributed by atoms with van der Waals surface area (Å²) in [7, 11) is 0. The van der Waals surface area contributed by atoms with Crippen molar-refractivity contribution in [3.05, 3.63) is 105 Å². The Hall–Kier alpha value is -4.44. The summed E-state index contributed by atoms with van der Waals surface area (Å²) in [6.45, 7) is 1.97. The lowest BCUT2D eigenvalue weighted by Gasteiger charge is -2.06. The van der Waals surface area contributed by atoms with Crippen LogP contribution < -0.4 is 10.7 Å². The van der Waals surface area contributed by atoms with Crippen LogP contribution in [0.25, 0.3) is 11.3 Å². The lowest BCUT2D eigenvalue weighted by atomic mass is 10.1. The second-order valence-electron chi connectivity index (χ2n) is 7.25. The van der Waals surface area contributed by atoms with Crippen molar-refractivity contribution >= 4 is 39.3 Å². The highest BCUT2D eigenvalue weighted by molar-refractivity contribution is 7.20. The van der Waals surface area contributed by atoms with Crippen LogP contribution >= 0.6 is 11.3 Å². The number of nitro benzene ring substituents is 1. The molecule has 4 aromatic rings. The van der Waals surface area contributed by atoms with Gasteiger partial charge < -0.3 is 5.32 Å². The van der Waals surface area contributed by atoms with E-state index in [1.54, 1.807) is 12.1 Å². The number of amides is 1. The Bertz CT molecular complexity index is 1370. The van der Waals surface area contributed by atoms with Crippen LogP contribution in [0.15, 0.2) is 77.9 Å². The molecule has 0 fully saturated rings. The van der Waals surface area contributed by atoms with E-state index in [0.717, 1.165) is 11.1 Å². The molecule has 0 aliphatic carbocycles. The molecule has 170 valence electrons. The van der Waals surface area contributed by atoms with Gasteiger partial charge in [-0.1, -0.05) is 53.3 Å². The third-order valence-corrected chi connectivity index (χ3v) is 5.62. The molecule has 10 heteroatoms. The second-order valence-corrected chi connectivity index (χ2v) is 8.24. The smallest absolute Gasteiger partial charge is 0.270 e. The van der Waals surface area contributed by atoms with Crippen LogP contribution in [-0.4, -0.2) is 22.0 Å². The van der Waals surface area contributed by atoms with Gasteiger partial charge in [0.2, 0.25) is 5.13 Å². The van der Waals surface area contributed by atoms with E-state index < -0.39 is 16.6 Å². The summed E-state index contributed by atoms with van der Waals surface area (Å²) >= 11 is 1.18. The minimum absolute atomic E-state index is 0.0364. The maximum absolute atomic E-state index is 13.2. The van der Waals surface area contributed by atoms with Crippen LogP contribution in [0.3, 0.4) is 0 Å². The fourth-order valence-corrected chi connectivity index (χ4v) is 3.85. The SMILES string of the molecule is Cc1ccc(-c2nc(N/N=C\c3cccc([N+](=O)[O-])c3)sc2NC(=O)c2ccc(F)cc2)cc1. The molecule has 1 heterocycles. The Morgan fingerprint density at radius 3 is 2.56 bits per heavy atom. The number of nitrogens with zero attached hydrogens (tertiary/aromatic N) is 3. The number of aryl methyl sites for hydroxylation is 1. The quantitative estimate of drug-likeness (QED) is 0.198. The predicted octanol–water partition coefficient (Wildman–Crippen LogP) is 5.86. The first-order valence-corrected chi connectivity index (χ1v) is 10.9. The number of thiazole rings is 1. The summed E-state index contributed by atoms with van der Waals surface area (Å²) < 4.78 is 13.2. The number of aromatic nitrogens is 1. The highest BCUT2D eigenvalue weighted by Gasteiger charge is 2.17. The molecule has 8 nitrogen and oxygen atoms in total. The van der Waals surface area contributed by atoms with Crippen molar-refractivity contribution in [3.8, 4) is 11.3 Å². The highest BCUT2D eigenvalue weighted by Crippen LogP contribution is 2.36. The molecule has 0 saturated heterocycles. The summed E-state index contributed by atoms with van der Waals surface area (Å²) in [5, 5.41) is 18.8. The normalized spacial score (nSPS) is 10.9. The Labute approximate surface area is 198 Å². The molecule has 34 heavy (non-hydrogen) atoms. The zero-order valence-corrected chi connectivity index (χ0v) is 18.7. The van der Waals surface area contributed by atoms with E-state index >= 15 is 0 Å². The Morgan fingerprint density at radius 2 is 1.85 bits per heavy atom. The first-order chi connectivity index (χ1) is 16.4. The number of hydrazone groups is 1. The summed E-state index contributed by atoms with van der Waals surface area (Å²) in [6, 6.07) is 19.0. The monoisotopic (exact) mass is 475 g/mol. The Kier molecular flexibility index (Phi) is 6.69. The van der Waals surface area contributed by atoms with Gasteiger partial charge in [-0.2, -0.15) is 5.10 Å². The lowest BCUT2D eigenvalue weighted by Crippen LogP contribution is -2.11. The summed E-state index contributed by atoms with van der Waals surface area (Å²) in [5.41, 5.74) is 6.05. The average Bonchev–Trinajstić information content (AvgIpc) is 3.22. The minimum atomic E-state index is -0.477. The van der Waals surface area contributed by atoms with E-state index in [1.807, 2.05) is 31.2 Å². The molecule has 0 aliphatic rings. The highest BCUT2D eigenvalue weighted by atomic mass is 32.1. The van der Waals surface area contributed by atoms with Crippen molar-refractivity contribution in [1.29, 1.82) is 0 Å². The molecule has 0 radical (unpaired) electrons. The topological polar surface area (TPSA) is 110 Å². The van der Waals surface area contributed by atoms with Gasteiger partial charge in [-0.25, -0.2) is 9.37 Å². The van der Waals surface area contributed by atoms with Gasteiger partial charge in [0.15, 0.2) is 0 Å². The van der Waals surface area contributed by atoms with E-state index in [-0.39, 0.29) is 5.69 Å². The average molecular weight is 476 g/mol. The van der Waals surface area contributed by atoms with Gasteiger partial charge in [0.05, 0.1) is 11.1 Å². The fraction of sp³-hybridized carbons (Fsp3) is 0.0417. The molecule has 3 aromatic carbocycles. The first-order valence-electron chi connectivity index (χ1n) is 10.1. The maximum Gasteiger partial charge on any atom is 0.270 e. The maximum atomic E-state index is 13.2. The number of hydrogen-bond acceptors (Lipinski definition) is 7. The zero-order chi connectivity index (χ0) is 24.1. The van der Waals surface area contributed by atoms with Crippen molar-refractivity contribution in [2.45, 2.75) is 6.92 Å². The number of nitrogens with one attached hydrogen (secondary N) is 2. The third-order valence-electron chi connectivity index (χ3n) is 4.74. The number of nitro groups is 1.